The van der Waals surface area contributed by atoms with E-state index in [1.54, 1.807) is 45.0 Å². The zero-order valence-corrected chi connectivity index (χ0v) is 26.9. The maximum Gasteiger partial charge on any atom is 0.459 e. The van der Waals surface area contributed by atoms with Crippen LogP contribution in [-0.2, 0) is 43.8 Å². The van der Waals surface area contributed by atoms with Crippen molar-refractivity contribution < 1.29 is 37.4 Å². The molecule has 0 amide bonds. The molecule has 0 spiro atoms. The third kappa shape index (κ3) is 5.06. The predicted molar refractivity (Wildman–Crippen MR) is 162 cm³/mol. The second-order valence-electron chi connectivity index (χ2n) is 13.0. The van der Waals surface area contributed by atoms with E-state index in [1.807, 2.05) is 12.1 Å². The zero-order chi connectivity index (χ0) is 32.5. The number of hydrogen-bond donors (Lipinski definition) is 2. The van der Waals surface area contributed by atoms with Crippen LogP contribution in [0.3, 0.4) is 0 Å². The van der Waals surface area contributed by atoms with Crippen LogP contribution in [0.15, 0.2) is 42.7 Å². The Morgan fingerprint density at radius 2 is 1.93 bits per heavy atom. The number of nitriles is 1. The molecular formula is C31H37N6O8P. The van der Waals surface area contributed by atoms with Crippen LogP contribution in [0.1, 0.15) is 58.2 Å². The molecule has 1 aromatic carbocycles. The molecule has 15 heteroatoms. The van der Waals surface area contributed by atoms with Gasteiger partial charge >= 0.3 is 13.7 Å². The van der Waals surface area contributed by atoms with Crippen LogP contribution < -0.4 is 15.3 Å². The molecule has 244 valence electrons. The summed E-state index contributed by atoms with van der Waals surface area (Å²) in [4.78, 5) is 16.5. The topological polar surface area (TPSA) is 182 Å². The van der Waals surface area contributed by atoms with Crippen LogP contribution in [0.25, 0.3) is 5.52 Å². The fourth-order valence-electron chi connectivity index (χ4n) is 7.12. The van der Waals surface area contributed by atoms with Crippen molar-refractivity contribution >= 4 is 25.1 Å². The van der Waals surface area contributed by atoms with Gasteiger partial charge in [-0.3, -0.25) is 9.32 Å². The van der Waals surface area contributed by atoms with Crippen LogP contribution in [0.5, 0.6) is 5.75 Å². The van der Waals surface area contributed by atoms with Crippen molar-refractivity contribution in [2.24, 2.45) is 5.92 Å². The first kappa shape index (κ1) is 31.1. The summed E-state index contributed by atoms with van der Waals surface area (Å²) in [6.07, 6.45) is 2.22. The summed E-state index contributed by atoms with van der Waals surface area (Å²) in [5.41, 5.74) is 6.68. The SMILES string of the molecule is CCOC(=O)[C@H](C)NP(=O)(OC[C@H]1O[C@@](C#N)(c2ccc3c(N)ncnn23)[C@@H]2OC(C)(C)O[C@@H]21)Oc1ccc(C23CC(C2)C3)cc1. The van der Waals surface area contributed by atoms with E-state index in [1.165, 1.54) is 42.6 Å². The van der Waals surface area contributed by atoms with E-state index < -0.39 is 49.5 Å². The minimum absolute atomic E-state index is 0.147. The van der Waals surface area contributed by atoms with E-state index in [0.29, 0.717) is 17.0 Å². The molecule has 46 heavy (non-hydrogen) atoms. The average molecular weight is 653 g/mol. The molecule has 2 bridgehead atoms. The lowest BCUT2D eigenvalue weighted by Gasteiger charge is -2.62. The van der Waals surface area contributed by atoms with E-state index >= 15 is 0 Å². The first-order valence-electron chi connectivity index (χ1n) is 15.4. The zero-order valence-electron chi connectivity index (χ0n) is 26.0. The molecule has 3 aliphatic carbocycles. The van der Waals surface area contributed by atoms with Gasteiger partial charge < -0.3 is 29.2 Å². The fourth-order valence-corrected chi connectivity index (χ4v) is 8.63. The molecule has 5 fully saturated rings. The predicted octanol–water partition coefficient (Wildman–Crippen LogP) is 3.75. The van der Waals surface area contributed by atoms with Crippen molar-refractivity contribution in [3.05, 3.63) is 54.0 Å². The number of nitrogens with two attached hydrogens (primary N) is 1. The molecule has 4 heterocycles. The number of hydrogen-bond acceptors (Lipinski definition) is 12. The van der Waals surface area contributed by atoms with Crippen molar-refractivity contribution in [3.8, 4) is 11.8 Å². The minimum atomic E-state index is -4.24. The molecular weight excluding hydrogens is 615 g/mol. The van der Waals surface area contributed by atoms with Crippen LogP contribution in [0.2, 0.25) is 0 Å². The lowest BCUT2D eigenvalue weighted by Crippen LogP contribution is -2.55. The number of benzene rings is 1. The number of anilines is 1. The second-order valence-corrected chi connectivity index (χ2v) is 14.6. The van der Waals surface area contributed by atoms with E-state index in [-0.39, 0.29) is 24.4 Å². The number of ether oxygens (including phenoxy) is 4. The van der Waals surface area contributed by atoms with Crippen LogP contribution in [0.4, 0.5) is 5.82 Å². The Labute approximate surface area is 266 Å². The molecule has 2 aromatic heterocycles. The van der Waals surface area contributed by atoms with Gasteiger partial charge in [-0.15, -0.1) is 0 Å². The van der Waals surface area contributed by atoms with Crippen molar-refractivity contribution in [1.29, 1.82) is 5.26 Å². The summed E-state index contributed by atoms with van der Waals surface area (Å²) < 4.78 is 51.7. The molecule has 6 atom stereocenters. The third-order valence-electron chi connectivity index (χ3n) is 9.39. The van der Waals surface area contributed by atoms with Gasteiger partial charge in [-0.1, -0.05) is 12.1 Å². The maximum absolute atomic E-state index is 14.3. The maximum atomic E-state index is 14.3. The number of nitrogens with one attached hydrogen (secondary N) is 1. The molecule has 2 saturated heterocycles. The van der Waals surface area contributed by atoms with Gasteiger partial charge in [0.2, 0.25) is 5.60 Å². The van der Waals surface area contributed by atoms with Gasteiger partial charge in [-0.25, -0.2) is 14.1 Å². The van der Waals surface area contributed by atoms with Crippen LogP contribution in [0, 0.1) is 17.2 Å². The van der Waals surface area contributed by atoms with Gasteiger partial charge in [0.15, 0.2) is 11.6 Å². The largest absolute Gasteiger partial charge is 0.465 e. The number of nitrogens with zero attached hydrogens (tertiary/aromatic N) is 4. The third-order valence-corrected chi connectivity index (χ3v) is 11.0. The number of carbonyl (C=O) groups is 1. The van der Waals surface area contributed by atoms with Crippen LogP contribution >= 0.6 is 7.75 Å². The Kier molecular flexibility index (Phi) is 7.43. The Bertz CT molecular complexity index is 1740. The van der Waals surface area contributed by atoms with Gasteiger partial charge in [0.05, 0.1) is 18.9 Å². The molecule has 3 saturated carbocycles. The molecule has 5 aliphatic rings. The van der Waals surface area contributed by atoms with Gasteiger partial charge in [-0.05, 0) is 88.1 Å². The highest BCUT2D eigenvalue weighted by Gasteiger charge is 2.65. The number of fused-ring (bicyclic) bond motifs is 2. The van der Waals surface area contributed by atoms with Crippen LogP contribution in [-0.4, -0.2) is 63.9 Å². The Hall–Kier alpha value is -3.57. The summed E-state index contributed by atoms with van der Waals surface area (Å²) in [6.45, 7) is 6.46. The van der Waals surface area contributed by atoms with Gasteiger partial charge in [0, 0.05) is 0 Å². The smallest absolute Gasteiger partial charge is 0.459 e. The number of aromatic nitrogens is 3. The molecule has 14 nitrogen and oxygen atoms in total. The summed E-state index contributed by atoms with van der Waals surface area (Å²) in [6, 6.07) is 12.1. The average Bonchev–Trinajstić information content (AvgIpc) is 3.62. The monoisotopic (exact) mass is 652 g/mol. The van der Waals surface area contributed by atoms with Crippen molar-refractivity contribution in [1.82, 2.24) is 19.7 Å². The molecule has 3 N–H and O–H groups in total. The van der Waals surface area contributed by atoms with Crippen molar-refractivity contribution in [2.75, 3.05) is 18.9 Å². The van der Waals surface area contributed by atoms with E-state index in [2.05, 4.69) is 21.2 Å². The van der Waals surface area contributed by atoms with E-state index in [9.17, 15) is 14.6 Å². The number of carbonyl (C=O) groups excluding carboxylic acids is 1. The van der Waals surface area contributed by atoms with E-state index in [4.69, 9.17) is 33.7 Å². The summed E-state index contributed by atoms with van der Waals surface area (Å²) in [5.74, 6) is -0.329. The molecule has 1 unspecified atom stereocenters. The summed E-state index contributed by atoms with van der Waals surface area (Å²) in [5, 5.41) is 17.6. The normalized spacial score (nSPS) is 32.4. The summed E-state index contributed by atoms with van der Waals surface area (Å²) in [7, 11) is -4.24. The number of esters is 1. The van der Waals surface area contributed by atoms with Crippen molar-refractivity contribution in [3.63, 3.8) is 0 Å². The van der Waals surface area contributed by atoms with Gasteiger partial charge in [0.1, 0.15) is 48.0 Å². The molecule has 0 radical (unpaired) electrons. The highest BCUT2D eigenvalue weighted by Crippen LogP contribution is 2.65. The molecule has 3 aromatic rings. The quantitative estimate of drug-likeness (QED) is 0.226. The highest BCUT2D eigenvalue weighted by molar-refractivity contribution is 7.52. The second kappa shape index (κ2) is 11.0. The Balaban J connectivity index is 1.16. The Morgan fingerprint density at radius 3 is 2.59 bits per heavy atom. The fraction of sp³-hybridized carbons (Fsp3) is 0.548. The van der Waals surface area contributed by atoms with Gasteiger partial charge in [0.25, 0.3) is 0 Å². The number of nitrogen functional groups attached to an aromatic ring is 1. The first-order valence-corrected chi connectivity index (χ1v) is 17.0. The van der Waals surface area contributed by atoms with Crippen molar-refractivity contribution in [2.45, 2.75) is 88.1 Å². The Morgan fingerprint density at radius 1 is 1.20 bits per heavy atom. The lowest BCUT2D eigenvalue weighted by atomic mass is 9.42. The number of rotatable bonds is 11. The molecule has 8 rings (SSSR count). The standard InChI is InChI=1S/C31H37N6O8P/c1-5-40-28(38)18(2)36-46(39,45-21-8-6-20(7-9-21)30-12-19(13-30)14-30)41-15-23-25-26(44-29(3,4)43-25)31(16-32,42-23)24-11-10-22-27(33)34-17-35-37(22)24/h6-11,17-19,23,25-26H,5,12-15H2,1-4H3,(H,36,39)(H2,33,34,35)/t18-,19?,23+,25+,26+,30?,31-,46?/m0/s1. The van der Waals surface area contributed by atoms with E-state index in [0.717, 1.165) is 5.92 Å². The minimum Gasteiger partial charge on any atom is -0.465 e. The molecule has 2 aliphatic heterocycles. The summed E-state index contributed by atoms with van der Waals surface area (Å²) >= 11 is 0. The first-order chi connectivity index (χ1) is 21.9. The van der Waals surface area contributed by atoms with Gasteiger partial charge in [-0.2, -0.15) is 15.4 Å². The highest BCUT2D eigenvalue weighted by atomic mass is 31.2. The lowest BCUT2D eigenvalue weighted by molar-refractivity contribution is -0.204.